The number of amides is 1. The molecule has 12 heteroatoms. The van der Waals surface area contributed by atoms with E-state index in [-0.39, 0.29) is 29.6 Å². The topological polar surface area (TPSA) is 81.3 Å². The monoisotopic (exact) mass is 577 g/mol. The van der Waals surface area contributed by atoms with Crippen LogP contribution in [0.5, 0.6) is 0 Å². The van der Waals surface area contributed by atoms with Crippen LogP contribution in [0.15, 0.2) is 48.9 Å². The summed E-state index contributed by atoms with van der Waals surface area (Å²) in [5, 5.41) is 12.7. The van der Waals surface area contributed by atoms with E-state index in [1.54, 1.807) is 23.1 Å². The summed E-state index contributed by atoms with van der Waals surface area (Å²) in [5.74, 6) is 1.17. The van der Waals surface area contributed by atoms with Crippen molar-refractivity contribution in [3.05, 3.63) is 88.1 Å². The minimum atomic E-state index is -4.60. The number of hydrogen-bond acceptors (Lipinski definition) is 6. The largest absolute Gasteiger partial charge is 0.416 e. The van der Waals surface area contributed by atoms with Gasteiger partial charge in [0.2, 0.25) is 0 Å². The average molecular weight is 578 g/mol. The lowest BCUT2D eigenvalue weighted by Crippen LogP contribution is -2.49. The molecule has 0 aliphatic carbocycles. The second-order valence-corrected chi connectivity index (χ2v) is 11.6. The highest BCUT2D eigenvalue weighted by molar-refractivity contribution is 6.10. The number of alkyl halides is 3. The van der Waals surface area contributed by atoms with E-state index >= 15 is 0 Å². The molecule has 0 spiro atoms. The maximum absolute atomic E-state index is 14.4. The van der Waals surface area contributed by atoms with Crippen LogP contribution in [-0.2, 0) is 56.4 Å². The third-order valence-electron chi connectivity index (χ3n) is 8.66. The molecule has 2 aromatic heterocycles. The Kier molecular flexibility index (Phi) is 6.16. The number of ether oxygens (including phenoxy) is 1. The van der Waals surface area contributed by atoms with Crippen LogP contribution in [0, 0.1) is 0 Å². The molecule has 0 unspecified atom stereocenters. The molecule has 4 aromatic rings. The highest BCUT2D eigenvalue weighted by Gasteiger charge is 2.43. The maximum Gasteiger partial charge on any atom is 0.416 e. The van der Waals surface area contributed by atoms with Crippen LogP contribution in [0.4, 0.5) is 24.7 Å². The zero-order valence-electron chi connectivity index (χ0n) is 23.4. The van der Waals surface area contributed by atoms with E-state index in [2.05, 4.69) is 15.3 Å². The molecule has 1 amide bonds. The summed E-state index contributed by atoms with van der Waals surface area (Å²) >= 11 is 0. The van der Waals surface area contributed by atoms with Crippen molar-refractivity contribution in [1.82, 2.24) is 24.5 Å². The molecule has 0 N–H and O–H groups in total. The van der Waals surface area contributed by atoms with Gasteiger partial charge in [-0.3, -0.25) is 9.48 Å². The lowest BCUT2D eigenvalue weighted by atomic mass is 9.75. The molecule has 3 aliphatic rings. The van der Waals surface area contributed by atoms with Crippen LogP contribution in [0.2, 0.25) is 0 Å². The molecule has 42 heavy (non-hydrogen) atoms. The van der Waals surface area contributed by atoms with Gasteiger partial charge in [-0.1, -0.05) is 12.1 Å². The molecule has 1 saturated heterocycles. The lowest BCUT2D eigenvalue weighted by Gasteiger charge is -2.42. The Bertz CT molecular complexity index is 1690. The van der Waals surface area contributed by atoms with Crippen LogP contribution >= 0.6 is 0 Å². The van der Waals surface area contributed by atoms with E-state index in [1.807, 2.05) is 48.0 Å². The van der Waals surface area contributed by atoms with Crippen molar-refractivity contribution >= 4 is 17.4 Å². The van der Waals surface area contributed by atoms with E-state index in [9.17, 15) is 18.0 Å². The van der Waals surface area contributed by atoms with Gasteiger partial charge in [-0.2, -0.15) is 18.3 Å². The number of anilines is 2. The zero-order chi connectivity index (χ0) is 29.2. The Morgan fingerprint density at radius 1 is 1.12 bits per heavy atom. The summed E-state index contributed by atoms with van der Waals surface area (Å²) in [6, 6.07) is 10.3. The first-order chi connectivity index (χ1) is 20.1. The Hall–Kier alpha value is -4.19. The quantitative estimate of drug-likeness (QED) is 0.342. The molecular weight excluding hydrogens is 547 g/mol. The van der Waals surface area contributed by atoms with Crippen molar-refractivity contribution in [3.8, 4) is 0 Å². The zero-order valence-corrected chi connectivity index (χ0v) is 23.4. The minimum absolute atomic E-state index is 0.0135. The first-order valence-electron chi connectivity index (χ1n) is 13.9. The number of aromatic nitrogens is 5. The third-order valence-corrected chi connectivity index (χ3v) is 8.66. The van der Waals surface area contributed by atoms with Crippen LogP contribution in [0.3, 0.4) is 0 Å². The molecule has 0 atom stereocenters. The van der Waals surface area contributed by atoms with Crippen LogP contribution in [0.1, 0.15) is 50.4 Å². The maximum atomic E-state index is 14.4. The molecule has 7 rings (SSSR count). The second-order valence-electron chi connectivity index (χ2n) is 11.6. The first kappa shape index (κ1) is 26.7. The summed E-state index contributed by atoms with van der Waals surface area (Å²) in [7, 11) is 3.72. The number of carbonyl (C=O) groups excluding carboxylic acids is 1. The van der Waals surface area contributed by atoms with E-state index < -0.39 is 17.6 Å². The number of aryl methyl sites for hydroxylation is 3. The Balaban J connectivity index is 1.21. The second kappa shape index (κ2) is 9.69. The van der Waals surface area contributed by atoms with E-state index in [0.29, 0.717) is 37.4 Å². The summed E-state index contributed by atoms with van der Waals surface area (Å²) in [4.78, 5) is 17.2. The number of halogens is 3. The van der Waals surface area contributed by atoms with Crippen molar-refractivity contribution in [2.45, 2.75) is 43.9 Å². The van der Waals surface area contributed by atoms with Gasteiger partial charge in [-0.15, -0.1) is 10.2 Å². The van der Waals surface area contributed by atoms with Gasteiger partial charge in [0.1, 0.15) is 12.2 Å². The third kappa shape index (κ3) is 4.44. The smallest absolute Gasteiger partial charge is 0.379 e. The Labute approximate surface area is 240 Å². The van der Waals surface area contributed by atoms with E-state index in [4.69, 9.17) is 4.74 Å². The van der Waals surface area contributed by atoms with Gasteiger partial charge >= 0.3 is 6.18 Å². The molecule has 9 nitrogen and oxygen atoms in total. The molecule has 1 fully saturated rings. The Morgan fingerprint density at radius 2 is 1.95 bits per heavy atom. The fourth-order valence-corrected chi connectivity index (χ4v) is 6.42. The first-order valence-corrected chi connectivity index (χ1v) is 13.9. The van der Waals surface area contributed by atoms with E-state index in [1.165, 1.54) is 11.0 Å². The summed E-state index contributed by atoms with van der Waals surface area (Å²) in [6.07, 6.45) is 1.37. The van der Waals surface area contributed by atoms with Crippen molar-refractivity contribution in [1.29, 1.82) is 0 Å². The number of benzene rings is 2. The standard InChI is InChI=1S/C30H30F3N7O2/c1-37-18-34-35-26(37)12-29(16-42-17-29)21-6-3-7-22(11-21)40-15-24-23(28(40)41)9-19(10-25(24)30(31,32)33)13-39-8-4-5-20-14-38(2)36-27(20)39/h3,6-7,9-11,14,18H,4-5,8,12-13,15-17H2,1-2H3. The summed E-state index contributed by atoms with van der Waals surface area (Å²) < 4.78 is 52.4. The van der Waals surface area contributed by atoms with Gasteiger partial charge < -0.3 is 19.1 Å². The van der Waals surface area contributed by atoms with Gasteiger partial charge in [0.15, 0.2) is 5.82 Å². The molecular formula is C30H30F3N7O2. The highest BCUT2D eigenvalue weighted by Crippen LogP contribution is 2.42. The van der Waals surface area contributed by atoms with E-state index in [0.717, 1.165) is 35.6 Å². The summed E-state index contributed by atoms with van der Waals surface area (Å²) in [6.45, 7) is 1.75. The number of nitrogens with zero attached hydrogens (tertiary/aromatic N) is 7. The Morgan fingerprint density at radius 3 is 2.67 bits per heavy atom. The van der Waals surface area contributed by atoms with Crippen LogP contribution < -0.4 is 9.80 Å². The van der Waals surface area contributed by atoms with Gasteiger partial charge in [0, 0.05) is 62.0 Å². The SMILES string of the molecule is Cn1cc2c(n1)N(Cc1cc3c(c(C(F)(F)F)c1)CN(c1cccc(C4(Cc5nncn5C)COC4)c1)C3=O)CCC2. The predicted molar refractivity (Wildman–Crippen MR) is 148 cm³/mol. The number of fused-ring (bicyclic) bond motifs is 2. The van der Waals surface area contributed by atoms with Gasteiger partial charge in [0.05, 0.1) is 25.3 Å². The molecule has 0 bridgehead atoms. The molecule has 5 heterocycles. The summed E-state index contributed by atoms with van der Waals surface area (Å²) in [5.41, 5.74) is 2.04. The predicted octanol–water partition coefficient (Wildman–Crippen LogP) is 4.19. The molecule has 218 valence electrons. The van der Waals surface area contributed by atoms with Crippen LogP contribution in [-0.4, -0.2) is 50.2 Å². The fourth-order valence-electron chi connectivity index (χ4n) is 6.42. The van der Waals surface area contributed by atoms with Crippen molar-refractivity contribution < 1.29 is 22.7 Å². The van der Waals surface area contributed by atoms with Gasteiger partial charge in [0.25, 0.3) is 5.91 Å². The normalized spacial score (nSPS) is 17.8. The van der Waals surface area contributed by atoms with Crippen molar-refractivity contribution in [3.63, 3.8) is 0 Å². The number of rotatable bonds is 6. The van der Waals surface area contributed by atoms with Crippen molar-refractivity contribution in [2.24, 2.45) is 14.1 Å². The molecule has 0 saturated carbocycles. The number of carbonyl (C=O) groups is 1. The van der Waals surface area contributed by atoms with Crippen LogP contribution in [0.25, 0.3) is 0 Å². The average Bonchev–Trinajstić information content (AvgIpc) is 3.62. The number of hydrogen-bond donors (Lipinski definition) is 0. The molecule has 0 radical (unpaired) electrons. The van der Waals surface area contributed by atoms with Gasteiger partial charge in [-0.05, 0) is 53.8 Å². The fraction of sp³-hybridized carbons (Fsp3) is 0.400. The lowest BCUT2D eigenvalue weighted by molar-refractivity contribution is -0.138. The molecule has 3 aliphatic heterocycles. The van der Waals surface area contributed by atoms with Crippen molar-refractivity contribution in [2.75, 3.05) is 29.6 Å². The van der Waals surface area contributed by atoms with Gasteiger partial charge in [-0.25, -0.2) is 0 Å². The minimum Gasteiger partial charge on any atom is -0.379 e. The highest BCUT2D eigenvalue weighted by atomic mass is 19.4. The molecule has 2 aromatic carbocycles.